The van der Waals surface area contributed by atoms with Gasteiger partial charge in [-0.25, -0.2) is 9.78 Å². The van der Waals surface area contributed by atoms with E-state index in [1.165, 1.54) is 29.6 Å². The van der Waals surface area contributed by atoms with Crippen LogP contribution < -0.4 is 16.6 Å². The van der Waals surface area contributed by atoms with E-state index in [0.29, 0.717) is 18.8 Å². The topological polar surface area (TPSA) is 90.9 Å². The summed E-state index contributed by atoms with van der Waals surface area (Å²) in [5.41, 5.74) is -0.438. The summed E-state index contributed by atoms with van der Waals surface area (Å²) in [5.74, 6) is 0.229. The highest BCUT2D eigenvalue weighted by Crippen LogP contribution is 2.04. The molecule has 2 aromatic heterocycles. The molecule has 21 heavy (non-hydrogen) atoms. The summed E-state index contributed by atoms with van der Waals surface area (Å²) in [5, 5.41) is 2.70. The first kappa shape index (κ1) is 15.3. The summed E-state index contributed by atoms with van der Waals surface area (Å²) in [7, 11) is 2.92. The van der Waals surface area contributed by atoms with E-state index < -0.39 is 11.2 Å². The first-order valence-corrected chi connectivity index (χ1v) is 6.94. The molecule has 0 saturated heterocycles. The Morgan fingerprint density at radius 2 is 2.05 bits per heavy atom. The molecule has 1 N–H and O–H groups in total. The van der Waals surface area contributed by atoms with Gasteiger partial charge in [-0.1, -0.05) is 0 Å². The van der Waals surface area contributed by atoms with Crippen LogP contribution in [0.5, 0.6) is 0 Å². The molecular formula is C12H16ClN5O3. The van der Waals surface area contributed by atoms with E-state index in [1.807, 2.05) is 0 Å². The van der Waals surface area contributed by atoms with E-state index in [9.17, 15) is 14.4 Å². The Bertz CT molecular complexity index is 789. The number of rotatable bonds is 5. The van der Waals surface area contributed by atoms with Crippen molar-refractivity contribution in [3.05, 3.63) is 27.2 Å². The molecule has 0 aliphatic rings. The Hall–Kier alpha value is -2.09. The highest BCUT2D eigenvalue weighted by Gasteiger charge is 2.15. The van der Waals surface area contributed by atoms with Crippen molar-refractivity contribution in [2.45, 2.75) is 13.0 Å². The zero-order valence-electron chi connectivity index (χ0n) is 11.8. The number of imidazole rings is 1. The van der Waals surface area contributed by atoms with Crippen LogP contribution in [0.15, 0.2) is 15.9 Å². The zero-order valence-corrected chi connectivity index (χ0v) is 12.6. The Morgan fingerprint density at radius 3 is 2.71 bits per heavy atom. The summed E-state index contributed by atoms with van der Waals surface area (Å²) in [4.78, 5) is 39.8. The van der Waals surface area contributed by atoms with Gasteiger partial charge in [-0.15, -0.1) is 11.6 Å². The third-order valence-corrected chi connectivity index (χ3v) is 3.43. The molecule has 0 saturated carbocycles. The van der Waals surface area contributed by atoms with Gasteiger partial charge in [-0.2, -0.15) is 0 Å². The molecule has 2 aromatic rings. The second-order valence-electron chi connectivity index (χ2n) is 4.64. The molecule has 0 unspecified atom stereocenters. The molecule has 2 rings (SSSR count). The molecule has 0 aromatic carbocycles. The zero-order chi connectivity index (χ0) is 15.6. The van der Waals surface area contributed by atoms with Crippen molar-refractivity contribution < 1.29 is 4.79 Å². The lowest BCUT2D eigenvalue weighted by Crippen LogP contribution is -2.38. The summed E-state index contributed by atoms with van der Waals surface area (Å²) < 4.78 is 3.71. The van der Waals surface area contributed by atoms with Crippen LogP contribution in [-0.4, -0.2) is 37.0 Å². The van der Waals surface area contributed by atoms with E-state index in [1.54, 1.807) is 0 Å². The quantitative estimate of drug-likeness (QED) is 0.577. The minimum Gasteiger partial charge on any atom is -0.355 e. The normalized spacial score (nSPS) is 11.0. The number of hydrogen-bond acceptors (Lipinski definition) is 4. The predicted molar refractivity (Wildman–Crippen MR) is 78.6 cm³/mol. The van der Waals surface area contributed by atoms with Crippen molar-refractivity contribution >= 4 is 28.7 Å². The molecule has 0 atom stereocenters. The van der Waals surface area contributed by atoms with Crippen molar-refractivity contribution in [1.82, 2.24) is 24.0 Å². The number of alkyl halides is 1. The maximum Gasteiger partial charge on any atom is 0.332 e. The smallest absolute Gasteiger partial charge is 0.332 e. The van der Waals surface area contributed by atoms with Crippen molar-refractivity contribution in [3.8, 4) is 0 Å². The van der Waals surface area contributed by atoms with Gasteiger partial charge in [0.25, 0.3) is 5.56 Å². The molecule has 0 radical (unpaired) electrons. The molecule has 0 bridgehead atoms. The molecule has 8 nitrogen and oxygen atoms in total. The van der Waals surface area contributed by atoms with Crippen LogP contribution in [0, 0.1) is 0 Å². The van der Waals surface area contributed by atoms with Crippen molar-refractivity contribution in [2.75, 3.05) is 12.4 Å². The van der Waals surface area contributed by atoms with E-state index in [2.05, 4.69) is 10.3 Å². The average molecular weight is 314 g/mol. The summed E-state index contributed by atoms with van der Waals surface area (Å²) in [6.07, 6.45) is 2.06. The van der Waals surface area contributed by atoms with Gasteiger partial charge in [0.1, 0.15) is 6.54 Å². The number of fused-ring (bicyclic) bond motifs is 1. The molecule has 9 heteroatoms. The van der Waals surface area contributed by atoms with Crippen LogP contribution in [0.25, 0.3) is 11.2 Å². The SMILES string of the molecule is Cn1c(=O)c2c(ncn2CC(=O)NCCCCl)n(C)c1=O. The monoisotopic (exact) mass is 313 g/mol. The number of carbonyl (C=O) groups is 1. The lowest BCUT2D eigenvalue weighted by molar-refractivity contribution is -0.121. The van der Waals surface area contributed by atoms with Crippen LogP contribution in [0.1, 0.15) is 6.42 Å². The number of aromatic nitrogens is 4. The van der Waals surface area contributed by atoms with Crippen LogP contribution in [0.3, 0.4) is 0 Å². The molecule has 0 fully saturated rings. The van der Waals surface area contributed by atoms with Crippen LogP contribution in [0.2, 0.25) is 0 Å². The van der Waals surface area contributed by atoms with Crippen molar-refractivity contribution in [3.63, 3.8) is 0 Å². The number of nitrogens with zero attached hydrogens (tertiary/aromatic N) is 4. The Morgan fingerprint density at radius 1 is 1.33 bits per heavy atom. The first-order chi connectivity index (χ1) is 9.97. The first-order valence-electron chi connectivity index (χ1n) is 6.41. The molecule has 0 spiro atoms. The fourth-order valence-corrected chi connectivity index (χ4v) is 2.16. The molecule has 0 aliphatic carbocycles. The van der Waals surface area contributed by atoms with Crippen molar-refractivity contribution in [2.24, 2.45) is 14.1 Å². The van der Waals surface area contributed by atoms with Gasteiger partial charge < -0.3 is 9.88 Å². The van der Waals surface area contributed by atoms with Gasteiger partial charge in [0, 0.05) is 26.5 Å². The fraction of sp³-hybridized carbons (Fsp3) is 0.500. The lowest BCUT2D eigenvalue weighted by Gasteiger charge is -2.07. The molecule has 1 amide bonds. The third kappa shape index (κ3) is 2.85. The van der Waals surface area contributed by atoms with Crippen LogP contribution in [0.4, 0.5) is 0 Å². The Kier molecular flexibility index (Phi) is 4.46. The molecule has 114 valence electrons. The minimum absolute atomic E-state index is 0.0355. The van der Waals surface area contributed by atoms with E-state index in [-0.39, 0.29) is 23.6 Å². The van der Waals surface area contributed by atoms with Gasteiger partial charge in [-0.3, -0.25) is 18.7 Å². The fourth-order valence-electron chi connectivity index (χ4n) is 2.02. The summed E-state index contributed by atoms with van der Waals surface area (Å²) >= 11 is 5.53. The highest BCUT2D eigenvalue weighted by atomic mass is 35.5. The van der Waals surface area contributed by atoms with Gasteiger partial charge in [0.2, 0.25) is 5.91 Å². The van der Waals surface area contributed by atoms with Gasteiger partial charge >= 0.3 is 5.69 Å². The number of amides is 1. The minimum atomic E-state index is -0.473. The van der Waals surface area contributed by atoms with Crippen LogP contribution in [-0.2, 0) is 25.4 Å². The van der Waals surface area contributed by atoms with E-state index >= 15 is 0 Å². The summed E-state index contributed by atoms with van der Waals surface area (Å²) in [6, 6.07) is 0. The second-order valence-corrected chi connectivity index (χ2v) is 5.02. The third-order valence-electron chi connectivity index (χ3n) is 3.16. The van der Waals surface area contributed by atoms with E-state index in [4.69, 9.17) is 11.6 Å². The Balaban J connectivity index is 2.37. The number of carbonyl (C=O) groups excluding carboxylic acids is 1. The lowest BCUT2D eigenvalue weighted by atomic mass is 10.4. The number of nitrogens with one attached hydrogen (secondary N) is 1. The molecule has 0 aliphatic heterocycles. The van der Waals surface area contributed by atoms with Gasteiger partial charge in [0.15, 0.2) is 11.2 Å². The average Bonchev–Trinajstić information content (AvgIpc) is 2.87. The Labute approximate surface area is 125 Å². The number of halogens is 1. The summed E-state index contributed by atoms with van der Waals surface area (Å²) in [6.45, 7) is 0.442. The van der Waals surface area contributed by atoms with E-state index in [0.717, 1.165) is 4.57 Å². The highest BCUT2D eigenvalue weighted by molar-refractivity contribution is 6.17. The van der Waals surface area contributed by atoms with Gasteiger partial charge in [0.05, 0.1) is 6.33 Å². The van der Waals surface area contributed by atoms with Crippen molar-refractivity contribution in [1.29, 1.82) is 0 Å². The standard InChI is InChI=1S/C12H16ClN5O3/c1-16-10-9(11(20)17(2)12(16)21)18(7-15-10)6-8(19)14-5-3-4-13/h7H,3-6H2,1-2H3,(H,14,19). The maximum atomic E-state index is 12.2. The van der Waals surface area contributed by atoms with Crippen LogP contribution >= 0.6 is 11.6 Å². The number of aryl methyl sites for hydroxylation is 1. The number of hydrogen-bond donors (Lipinski definition) is 1. The largest absolute Gasteiger partial charge is 0.355 e. The molecule has 2 heterocycles. The predicted octanol–water partition coefficient (Wildman–Crippen LogP) is -0.821. The molecular weight excluding hydrogens is 298 g/mol. The second kappa shape index (κ2) is 6.13. The van der Waals surface area contributed by atoms with Gasteiger partial charge in [-0.05, 0) is 6.42 Å². The maximum absolute atomic E-state index is 12.2.